The molecular weight excluding hydrogens is 627 g/mol. The zero-order valence-electron chi connectivity index (χ0n) is 32.0. The first-order valence-electron chi connectivity index (χ1n) is 22.4. The van der Waals surface area contributed by atoms with E-state index in [4.69, 9.17) is 0 Å². The average Bonchev–Trinajstić information content (AvgIpc) is 3.53. The second-order valence-electron chi connectivity index (χ2n) is 18.7. The predicted octanol–water partition coefficient (Wildman–Crippen LogP) is 13.0. The molecule has 0 aliphatic heterocycles. The van der Waals surface area contributed by atoms with Crippen LogP contribution in [-0.4, -0.2) is 23.0 Å². The van der Waals surface area contributed by atoms with E-state index in [1.54, 1.807) is 11.1 Å². The maximum absolute atomic E-state index is 3.28. The van der Waals surface area contributed by atoms with E-state index >= 15 is 0 Å². The average molecular weight is 692 g/mol. The van der Waals surface area contributed by atoms with E-state index in [1.165, 1.54) is 128 Å². The zero-order chi connectivity index (χ0) is 34.5. The Morgan fingerprint density at radius 3 is 2.33 bits per heavy atom. The molecule has 10 aliphatic carbocycles. The van der Waals surface area contributed by atoms with Crippen molar-refractivity contribution < 1.29 is 0 Å². The van der Waals surface area contributed by atoms with Gasteiger partial charge in [0.2, 0.25) is 0 Å². The minimum atomic E-state index is 0.106. The van der Waals surface area contributed by atoms with Gasteiger partial charge in [0.05, 0.1) is 0 Å². The van der Waals surface area contributed by atoms with Crippen molar-refractivity contribution in [3.63, 3.8) is 0 Å². The number of allylic oxidation sites excluding steroid dienone is 16. The summed E-state index contributed by atoms with van der Waals surface area (Å²) in [6.07, 6.45) is 65.5. The summed E-state index contributed by atoms with van der Waals surface area (Å²) in [4.78, 5) is 3.28. The van der Waals surface area contributed by atoms with Crippen LogP contribution in [0.15, 0.2) is 119 Å². The van der Waals surface area contributed by atoms with Gasteiger partial charge in [-0.25, -0.2) is 0 Å². The van der Waals surface area contributed by atoms with Crippen molar-refractivity contribution in [1.82, 2.24) is 4.90 Å². The maximum Gasteiger partial charge on any atom is 0.0390 e. The molecule has 0 bridgehead atoms. The SMILES string of the molecule is C1=CCCC(C2(C3C=CC=CC3)C3=CC(N(C4CC=C(C5CC=CCC5)CC4)C4CCC5CCCCC5C4)C4C=CCCC4=C3C3C=CCCC32)=C1. The Morgan fingerprint density at radius 1 is 0.615 bits per heavy atom. The summed E-state index contributed by atoms with van der Waals surface area (Å²) in [5, 5.41) is 0. The Balaban J connectivity index is 1.12. The Labute approximate surface area is 316 Å². The van der Waals surface area contributed by atoms with Crippen LogP contribution in [0.2, 0.25) is 0 Å². The van der Waals surface area contributed by atoms with Crippen molar-refractivity contribution in [3.05, 3.63) is 119 Å². The third kappa shape index (κ3) is 5.72. The molecule has 52 heavy (non-hydrogen) atoms. The van der Waals surface area contributed by atoms with Crippen LogP contribution in [0.4, 0.5) is 0 Å². The largest absolute Gasteiger partial charge is 0.290 e. The van der Waals surface area contributed by atoms with Gasteiger partial charge in [-0.3, -0.25) is 4.90 Å². The minimum Gasteiger partial charge on any atom is -0.290 e. The highest BCUT2D eigenvalue weighted by atomic mass is 15.2. The molecule has 0 aromatic heterocycles. The molecular formula is C51H65N. The first-order valence-corrected chi connectivity index (χ1v) is 22.4. The second kappa shape index (κ2) is 14.5. The van der Waals surface area contributed by atoms with Gasteiger partial charge in [-0.15, -0.1) is 0 Å². The van der Waals surface area contributed by atoms with Crippen molar-refractivity contribution in [2.24, 2.45) is 46.8 Å². The fourth-order valence-corrected chi connectivity index (χ4v) is 14.3. The van der Waals surface area contributed by atoms with Crippen LogP contribution in [0.3, 0.4) is 0 Å². The van der Waals surface area contributed by atoms with Gasteiger partial charge in [0.1, 0.15) is 0 Å². The smallest absolute Gasteiger partial charge is 0.0390 e. The highest BCUT2D eigenvalue weighted by molar-refractivity contribution is 5.61. The first-order chi connectivity index (χ1) is 25.8. The Morgan fingerprint density at radius 2 is 1.50 bits per heavy atom. The van der Waals surface area contributed by atoms with Gasteiger partial charge in [0.15, 0.2) is 0 Å². The molecule has 10 aliphatic rings. The van der Waals surface area contributed by atoms with E-state index in [2.05, 4.69) is 96.0 Å². The zero-order valence-corrected chi connectivity index (χ0v) is 32.0. The van der Waals surface area contributed by atoms with Crippen LogP contribution in [0.25, 0.3) is 0 Å². The normalized spacial score (nSPS) is 42.3. The maximum atomic E-state index is 3.28. The van der Waals surface area contributed by atoms with E-state index in [0.29, 0.717) is 35.8 Å². The molecule has 274 valence electrons. The van der Waals surface area contributed by atoms with Gasteiger partial charge in [-0.1, -0.05) is 134 Å². The third-order valence-corrected chi connectivity index (χ3v) is 16.5. The lowest BCUT2D eigenvalue weighted by atomic mass is 9.56. The summed E-state index contributed by atoms with van der Waals surface area (Å²) in [5.41, 5.74) is 9.15. The lowest BCUT2D eigenvalue weighted by Crippen LogP contribution is -2.55. The number of hydrogen-bond acceptors (Lipinski definition) is 1. The summed E-state index contributed by atoms with van der Waals surface area (Å²) in [6, 6.07) is 1.88. The number of nitrogens with zero attached hydrogens (tertiary/aromatic N) is 1. The number of rotatable bonds is 6. The lowest BCUT2D eigenvalue weighted by Gasteiger charge is -2.53. The van der Waals surface area contributed by atoms with E-state index < -0.39 is 0 Å². The molecule has 1 nitrogen and oxygen atoms in total. The third-order valence-electron chi connectivity index (χ3n) is 16.5. The fourth-order valence-electron chi connectivity index (χ4n) is 14.3. The predicted molar refractivity (Wildman–Crippen MR) is 219 cm³/mol. The molecule has 0 radical (unpaired) electrons. The van der Waals surface area contributed by atoms with Crippen molar-refractivity contribution in [2.45, 2.75) is 147 Å². The van der Waals surface area contributed by atoms with Gasteiger partial charge in [-0.05, 0) is 143 Å². The molecule has 3 fully saturated rings. The Kier molecular flexibility index (Phi) is 9.48. The topological polar surface area (TPSA) is 3.24 Å². The van der Waals surface area contributed by atoms with Crippen LogP contribution < -0.4 is 0 Å². The van der Waals surface area contributed by atoms with E-state index in [9.17, 15) is 0 Å². The monoisotopic (exact) mass is 692 g/mol. The van der Waals surface area contributed by atoms with Gasteiger partial charge in [-0.2, -0.15) is 0 Å². The molecule has 11 unspecified atom stereocenters. The molecule has 3 saturated carbocycles. The second-order valence-corrected chi connectivity index (χ2v) is 18.7. The molecule has 0 amide bonds. The van der Waals surface area contributed by atoms with Crippen molar-refractivity contribution in [2.75, 3.05) is 0 Å². The van der Waals surface area contributed by atoms with E-state index in [1.807, 2.05) is 16.7 Å². The molecule has 0 N–H and O–H groups in total. The molecule has 11 atom stereocenters. The number of fused-ring (bicyclic) bond motifs is 5. The Bertz CT molecular complexity index is 1680. The van der Waals surface area contributed by atoms with E-state index in [-0.39, 0.29) is 5.41 Å². The summed E-state index contributed by atoms with van der Waals surface area (Å²) < 4.78 is 0. The standard InChI is InChI=1S/C51H65N/c1-4-16-36(17-5-1)38-28-31-42(32-29-38)52(43-33-30-37-18-10-11-19-39(37)34-43)49-35-48-50(45-25-13-12-24-44(45)49)46-26-14-15-27-47(46)51(48,40-20-6-2-7-21-40)41-22-8-3-9-23-41/h1-4,6-8,12,14,20,22,24,26,28,35-37,39-40,42-44,46-47,49H,5,9-11,13,15-19,21,23,25,27,29-34H2. The molecule has 0 aromatic carbocycles. The van der Waals surface area contributed by atoms with Crippen LogP contribution in [0.5, 0.6) is 0 Å². The molecule has 0 saturated heterocycles. The van der Waals surface area contributed by atoms with Gasteiger partial charge in [0.25, 0.3) is 0 Å². The molecule has 1 heteroatoms. The first kappa shape index (κ1) is 33.9. The van der Waals surface area contributed by atoms with Crippen molar-refractivity contribution in [3.8, 4) is 0 Å². The summed E-state index contributed by atoms with van der Waals surface area (Å²) in [7, 11) is 0. The van der Waals surface area contributed by atoms with Gasteiger partial charge < -0.3 is 0 Å². The van der Waals surface area contributed by atoms with Gasteiger partial charge in [0, 0.05) is 35.4 Å². The van der Waals surface area contributed by atoms with Crippen LogP contribution >= 0.6 is 0 Å². The molecule has 10 rings (SSSR count). The molecule has 0 aromatic rings. The summed E-state index contributed by atoms with van der Waals surface area (Å²) >= 11 is 0. The van der Waals surface area contributed by atoms with Crippen LogP contribution in [0, 0.1) is 46.8 Å². The fraction of sp³-hybridized carbons (Fsp3) is 0.608. The highest BCUT2D eigenvalue weighted by Crippen LogP contribution is 2.69. The van der Waals surface area contributed by atoms with Crippen LogP contribution in [-0.2, 0) is 0 Å². The molecule has 0 heterocycles. The Hall–Kier alpha value is -2.64. The van der Waals surface area contributed by atoms with Gasteiger partial charge >= 0.3 is 0 Å². The van der Waals surface area contributed by atoms with Crippen molar-refractivity contribution >= 4 is 0 Å². The quantitative estimate of drug-likeness (QED) is 0.251. The highest BCUT2D eigenvalue weighted by Gasteiger charge is 2.61. The summed E-state index contributed by atoms with van der Waals surface area (Å²) in [6.45, 7) is 0. The van der Waals surface area contributed by atoms with E-state index in [0.717, 1.165) is 23.8 Å². The lowest BCUT2D eigenvalue weighted by molar-refractivity contribution is 0.0161. The summed E-state index contributed by atoms with van der Waals surface area (Å²) in [5.74, 6) is 5.10. The minimum absolute atomic E-state index is 0.106. The van der Waals surface area contributed by atoms with Crippen LogP contribution in [0.1, 0.15) is 128 Å². The van der Waals surface area contributed by atoms with Crippen molar-refractivity contribution in [1.29, 1.82) is 0 Å². The number of hydrogen-bond donors (Lipinski definition) is 0. The molecule has 0 spiro atoms.